The molecule has 1 amide bonds. The number of hydrogen-bond acceptors (Lipinski definition) is 6. The molecule has 1 aliphatic rings. The first-order valence-corrected chi connectivity index (χ1v) is 11.7. The first kappa shape index (κ1) is 22.1. The number of fused-ring (bicyclic) bond motifs is 1. The Morgan fingerprint density at radius 1 is 1.18 bits per heavy atom. The summed E-state index contributed by atoms with van der Waals surface area (Å²) in [5, 5.41) is 12.5. The molecule has 1 aliphatic heterocycles. The minimum Gasteiger partial charge on any atom is -0.503 e. The van der Waals surface area contributed by atoms with Crippen molar-refractivity contribution >= 4 is 33.9 Å². The number of Topliss-reactive ketones (excluding diaryl/α,β-unsaturated/α-hetero) is 1. The van der Waals surface area contributed by atoms with E-state index in [4.69, 9.17) is 4.74 Å². The average molecular weight is 474 g/mol. The zero-order valence-electron chi connectivity index (χ0n) is 18.7. The molecule has 1 unspecified atom stereocenters. The summed E-state index contributed by atoms with van der Waals surface area (Å²) in [7, 11) is 1.55. The number of aromatic nitrogens is 2. The van der Waals surface area contributed by atoms with Gasteiger partial charge in [-0.1, -0.05) is 48.5 Å². The number of amides is 1. The number of carbonyl (C=O) groups excluding carboxylic acids is 2. The number of nitrogens with one attached hydrogen (secondary N) is 1. The van der Waals surface area contributed by atoms with Crippen LogP contribution in [0.25, 0.3) is 21.5 Å². The zero-order valence-corrected chi connectivity index (χ0v) is 19.6. The molecule has 2 aromatic heterocycles. The number of para-hydroxylation sites is 1. The van der Waals surface area contributed by atoms with Gasteiger partial charge in [0.05, 0.1) is 28.8 Å². The normalized spacial score (nSPS) is 16.1. The van der Waals surface area contributed by atoms with Crippen LogP contribution in [-0.2, 0) is 9.53 Å². The monoisotopic (exact) mass is 473 g/mol. The van der Waals surface area contributed by atoms with Gasteiger partial charge in [0.15, 0.2) is 5.76 Å². The molecule has 34 heavy (non-hydrogen) atoms. The van der Waals surface area contributed by atoms with Gasteiger partial charge >= 0.3 is 0 Å². The van der Waals surface area contributed by atoms with Crippen LogP contribution in [-0.4, -0.2) is 51.9 Å². The molecule has 0 saturated carbocycles. The van der Waals surface area contributed by atoms with Crippen LogP contribution in [0, 0.1) is 6.92 Å². The third kappa shape index (κ3) is 3.61. The molecule has 3 heterocycles. The number of benzene rings is 2. The largest absolute Gasteiger partial charge is 0.503 e. The van der Waals surface area contributed by atoms with E-state index in [1.807, 2.05) is 54.6 Å². The van der Waals surface area contributed by atoms with E-state index in [0.717, 1.165) is 22.0 Å². The Kier molecular flexibility index (Phi) is 5.77. The standard InChI is InChI=1S/C26H23N3O4S/c1-15-24(34-25(28-15)16-8-4-3-5-9-16)22(30)20-21(29(12-13-33-2)26(32)23(20)31)18-14-27-19-11-7-6-10-17(18)19/h3-11,14,21,27,31H,12-13H2,1-2H3. The molecule has 4 aromatic rings. The number of H-pyrrole nitrogens is 1. The number of aryl methyl sites for hydroxylation is 1. The van der Waals surface area contributed by atoms with Gasteiger partial charge in [-0.25, -0.2) is 4.98 Å². The van der Waals surface area contributed by atoms with Gasteiger partial charge in [0.25, 0.3) is 5.91 Å². The minimum absolute atomic E-state index is 0.0669. The predicted molar refractivity (Wildman–Crippen MR) is 131 cm³/mol. The number of nitrogens with zero attached hydrogens (tertiary/aromatic N) is 2. The Morgan fingerprint density at radius 3 is 2.68 bits per heavy atom. The number of hydrogen-bond donors (Lipinski definition) is 2. The molecule has 7 nitrogen and oxygen atoms in total. The lowest BCUT2D eigenvalue weighted by Gasteiger charge is -2.26. The summed E-state index contributed by atoms with van der Waals surface area (Å²) < 4.78 is 5.20. The molecule has 0 aliphatic carbocycles. The predicted octanol–water partition coefficient (Wildman–Crippen LogP) is 4.82. The molecule has 0 spiro atoms. The molecule has 5 rings (SSSR count). The van der Waals surface area contributed by atoms with Crippen molar-refractivity contribution in [1.82, 2.24) is 14.9 Å². The fourth-order valence-corrected chi connectivity index (χ4v) is 5.41. The topological polar surface area (TPSA) is 95.5 Å². The number of carbonyl (C=O) groups is 2. The number of thiazole rings is 1. The van der Waals surface area contributed by atoms with Crippen LogP contribution in [0.3, 0.4) is 0 Å². The second-order valence-electron chi connectivity index (χ2n) is 8.07. The Hall–Kier alpha value is -3.75. The first-order valence-electron chi connectivity index (χ1n) is 10.9. The summed E-state index contributed by atoms with van der Waals surface area (Å²) >= 11 is 1.26. The second kappa shape index (κ2) is 8.89. The van der Waals surface area contributed by atoms with E-state index in [-0.39, 0.29) is 18.7 Å². The quantitative estimate of drug-likeness (QED) is 0.375. The molecule has 172 valence electrons. The van der Waals surface area contributed by atoms with E-state index in [1.165, 1.54) is 16.2 Å². The van der Waals surface area contributed by atoms with Gasteiger partial charge in [-0.2, -0.15) is 0 Å². The SMILES string of the molecule is COCCN1C(=O)C(O)=C(C(=O)c2sc(-c3ccccc3)nc2C)C1c1c[nH]c2ccccc12. The van der Waals surface area contributed by atoms with Crippen molar-refractivity contribution in [2.24, 2.45) is 0 Å². The van der Waals surface area contributed by atoms with Crippen LogP contribution in [0.4, 0.5) is 0 Å². The fraction of sp³-hybridized carbons (Fsp3) is 0.192. The second-order valence-corrected chi connectivity index (χ2v) is 9.07. The Morgan fingerprint density at radius 2 is 1.91 bits per heavy atom. The molecule has 1 atom stereocenters. The van der Waals surface area contributed by atoms with E-state index in [0.29, 0.717) is 15.6 Å². The lowest BCUT2D eigenvalue weighted by Crippen LogP contribution is -2.33. The van der Waals surface area contributed by atoms with Gasteiger partial charge in [-0.05, 0) is 13.0 Å². The van der Waals surface area contributed by atoms with E-state index in [1.54, 1.807) is 20.2 Å². The molecule has 2 aromatic carbocycles. The van der Waals surface area contributed by atoms with Crippen molar-refractivity contribution < 1.29 is 19.4 Å². The highest BCUT2D eigenvalue weighted by Gasteiger charge is 2.45. The van der Waals surface area contributed by atoms with Crippen LogP contribution < -0.4 is 0 Å². The highest BCUT2D eigenvalue weighted by molar-refractivity contribution is 7.17. The summed E-state index contributed by atoms with van der Waals surface area (Å²) in [4.78, 5) is 36.7. The van der Waals surface area contributed by atoms with E-state index in [9.17, 15) is 14.7 Å². The molecular weight excluding hydrogens is 450 g/mol. The molecule has 8 heteroatoms. The molecule has 0 saturated heterocycles. The molecule has 0 fully saturated rings. The number of ether oxygens (including phenoxy) is 1. The summed E-state index contributed by atoms with van der Waals surface area (Å²) in [6.45, 7) is 2.28. The first-order chi connectivity index (χ1) is 16.5. The zero-order chi connectivity index (χ0) is 23.8. The fourth-order valence-electron chi connectivity index (χ4n) is 4.38. The van der Waals surface area contributed by atoms with Crippen molar-refractivity contribution in [3.05, 3.63) is 88.3 Å². The van der Waals surface area contributed by atoms with Crippen molar-refractivity contribution in [3.63, 3.8) is 0 Å². The number of rotatable bonds is 7. The third-order valence-corrected chi connectivity index (χ3v) is 7.23. The molecule has 0 radical (unpaired) electrons. The third-order valence-electron chi connectivity index (χ3n) is 6.02. The van der Waals surface area contributed by atoms with Crippen LogP contribution in [0.15, 0.2) is 72.1 Å². The van der Waals surface area contributed by atoms with E-state index < -0.39 is 23.5 Å². The minimum atomic E-state index is -0.743. The van der Waals surface area contributed by atoms with E-state index in [2.05, 4.69) is 9.97 Å². The Balaban J connectivity index is 1.62. The lowest BCUT2D eigenvalue weighted by molar-refractivity contribution is -0.130. The van der Waals surface area contributed by atoms with Crippen molar-refractivity contribution in [2.45, 2.75) is 13.0 Å². The number of aromatic amines is 1. The van der Waals surface area contributed by atoms with Crippen LogP contribution >= 0.6 is 11.3 Å². The summed E-state index contributed by atoms with van der Waals surface area (Å²) in [5.41, 5.74) is 3.17. The van der Waals surface area contributed by atoms with Gasteiger partial charge in [-0.3, -0.25) is 9.59 Å². The van der Waals surface area contributed by atoms with Crippen LogP contribution in [0.5, 0.6) is 0 Å². The van der Waals surface area contributed by atoms with Gasteiger partial charge in [-0.15, -0.1) is 11.3 Å². The van der Waals surface area contributed by atoms with Gasteiger partial charge in [0.1, 0.15) is 5.01 Å². The van der Waals surface area contributed by atoms with E-state index >= 15 is 0 Å². The number of ketones is 1. The summed E-state index contributed by atoms with van der Waals surface area (Å²) in [6.07, 6.45) is 1.79. The highest BCUT2D eigenvalue weighted by Crippen LogP contribution is 2.42. The smallest absolute Gasteiger partial charge is 0.290 e. The number of aliphatic hydroxyl groups excluding tert-OH is 1. The molecular formula is C26H23N3O4S. The Labute approximate surface area is 200 Å². The van der Waals surface area contributed by atoms with Crippen molar-refractivity contribution in [3.8, 4) is 10.6 Å². The average Bonchev–Trinajstić information content (AvgIpc) is 3.52. The highest BCUT2D eigenvalue weighted by atomic mass is 32.1. The van der Waals surface area contributed by atoms with Gasteiger partial charge in [0.2, 0.25) is 5.78 Å². The molecule has 2 N–H and O–H groups in total. The maximum absolute atomic E-state index is 13.9. The summed E-state index contributed by atoms with van der Waals surface area (Å²) in [5.74, 6) is -1.50. The summed E-state index contributed by atoms with van der Waals surface area (Å²) in [6, 6.07) is 16.6. The Bertz CT molecular complexity index is 1420. The van der Waals surface area contributed by atoms with Crippen LogP contribution in [0.2, 0.25) is 0 Å². The van der Waals surface area contributed by atoms with Gasteiger partial charge in [0, 0.05) is 41.9 Å². The van der Waals surface area contributed by atoms with Crippen molar-refractivity contribution in [2.75, 3.05) is 20.3 Å². The van der Waals surface area contributed by atoms with Crippen molar-refractivity contribution in [1.29, 1.82) is 0 Å². The number of methoxy groups -OCH3 is 1. The maximum atomic E-state index is 13.9. The van der Waals surface area contributed by atoms with Gasteiger partial charge < -0.3 is 19.7 Å². The number of aliphatic hydroxyl groups is 1. The maximum Gasteiger partial charge on any atom is 0.290 e. The molecule has 0 bridgehead atoms. The van der Waals surface area contributed by atoms with Crippen LogP contribution in [0.1, 0.15) is 27.0 Å². The lowest BCUT2D eigenvalue weighted by atomic mass is 9.94.